The number of nitrogens with zero attached hydrogens (tertiary/aromatic N) is 2. The number of ether oxygens (including phenoxy) is 2. The third kappa shape index (κ3) is 4.08. The summed E-state index contributed by atoms with van der Waals surface area (Å²) in [5.74, 6) is 0.930. The molecule has 6 nitrogen and oxygen atoms in total. The van der Waals surface area contributed by atoms with Crippen molar-refractivity contribution in [3.8, 4) is 17.1 Å². The Morgan fingerprint density at radius 2 is 1.92 bits per heavy atom. The summed E-state index contributed by atoms with van der Waals surface area (Å²) in [6.45, 7) is 3.99. The number of esters is 1. The Hall–Kier alpha value is -3.15. The maximum absolute atomic E-state index is 12.0. The SMILES string of the molecule is COc1ccccc1-c1noc(COC(=O)Cc2ccc(C)c(C)c2)n1. The maximum Gasteiger partial charge on any atom is 0.310 e. The summed E-state index contributed by atoms with van der Waals surface area (Å²) in [6, 6.07) is 13.3. The van der Waals surface area contributed by atoms with Crippen LogP contribution >= 0.6 is 0 Å². The van der Waals surface area contributed by atoms with Crippen LogP contribution in [0.1, 0.15) is 22.6 Å². The highest BCUT2D eigenvalue weighted by molar-refractivity contribution is 5.72. The Kier molecular flexibility index (Phi) is 5.31. The zero-order valence-corrected chi connectivity index (χ0v) is 15.0. The number of aromatic nitrogens is 2. The van der Waals surface area contributed by atoms with Crippen LogP contribution in [0.3, 0.4) is 0 Å². The second-order valence-corrected chi connectivity index (χ2v) is 5.97. The number of carbonyl (C=O) groups excluding carboxylic acids is 1. The molecule has 0 radical (unpaired) electrons. The van der Waals surface area contributed by atoms with E-state index in [1.54, 1.807) is 7.11 Å². The first kappa shape index (κ1) is 17.7. The first-order valence-corrected chi connectivity index (χ1v) is 8.24. The normalized spacial score (nSPS) is 10.6. The number of hydrogen-bond acceptors (Lipinski definition) is 6. The highest BCUT2D eigenvalue weighted by atomic mass is 16.6. The molecule has 0 aliphatic heterocycles. The summed E-state index contributed by atoms with van der Waals surface area (Å²) in [6.07, 6.45) is 0.203. The van der Waals surface area contributed by atoms with E-state index < -0.39 is 0 Å². The van der Waals surface area contributed by atoms with E-state index in [0.29, 0.717) is 17.1 Å². The predicted octanol–water partition coefficient (Wildman–Crippen LogP) is 3.65. The third-order valence-electron chi connectivity index (χ3n) is 4.09. The molecule has 0 atom stereocenters. The lowest BCUT2D eigenvalue weighted by Gasteiger charge is -2.05. The molecule has 0 saturated heterocycles. The zero-order valence-electron chi connectivity index (χ0n) is 15.0. The number of para-hydroxylation sites is 1. The lowest BCUT2D eigenvalue weighted by molar-refractivity contribution is -0.144. The average molecular weight is 352 g/mol. The smallest absolute Gasteiger partial charge is 0.310 e. The number of methoxy groups -OCH3 is 1. The molecule has 3 aromatic rings. The van der Waals surface area contributed by atoms with Gasteiger partial charge in [0, 0.05) is 0 Å². The van der Waals surface area contributed by atoms with Crippen LogP contribution in [0.2, 0.25) is 0 Å². The van der Waals surface area contributed by atoms with Gasteiger partial charge in [-0.05, 0) is 42.7 Å². The van der Waals surface area contributed by atoms with Gasteiger partial charge in [0.2, 0.25) is 5.82 Å². The number of aryl methyl sites for hydroxylation is 2. The fourth-order valence-corrected chi connectivity index (χ4v) is 2.53. The van der Waals surface area contributed by atoms with Crippen LogP contribution in [0.4, 0.5) is 0 Å². The Bertz CT molecular complexity index is 918. The van der Waals surface area contributed by atoms with Crippen LogP contribution in [0.5, 0.6) is 5.75 Å². The molecule has 0 fully saturated rings. The van der Waals surface area contributed by atoms with Crippen LogP contribution < -0.4 is 4.74 Å². The molecule has 0 spiro atoms. The van der Waals surface area contributed by atoms with E-state index in [0.717, 1.165) is 11.1 Å². The molecule has 0 unspecified atom stereocenters. The van der Waals surface area contributed by atoms with Crippen LogP contribution in [0.25, 0.3) is 11.4 Å². The monoisotopic (exact) mass is 352 g/mol. The van der Waals surface area contributed by atoms with Crippen LogP contribution in [0.15, 0.2) is 47.0 Å². The molecule has 0 N–H and O–H groups in total. The lowest BCUT2D eigenvalue weighted by atomic mass is 10.0. The van der Waals surface area contributed by atoms with Crippen LogP contribution in [0, 0.1) is 13.8 Å². The second kappa shape index (κ2) is 7.82. The van der Waals surface area contributed by atoms with Gasteiger partial charge in [-0.3, -0.25) is 4.79 Å². The average Bonchev–Trinajstić information content (AvgIpc) is 3.12. The fourth-order valence-electron chi connectivity index (χ4n) is 2.53. The summed E-state index contributed by atoms with van der Waals surface area (Å²) in [4.78, 5) is 16.3. The number of hydrogen-bond donors (Lipinski definition) is 0. The van der Waals surface area contributed by atoms with Gasteiger partial charge in [0.05, 0.1) is 19.1 Å². The Morgan fingerprint density at radius 1 is 1.12 bits per heavy atom. The van der Waals surface area contributed by atoms with Crippen LogP contribution in [-0.2, 0) is 22.6 Å². The van der Waals surface area contributed by atoms with Crippen molar-refractivity contribution in [3.63, 3.8) is 0 Å². The fraction of sp³-hybridized carbons (Fsp3) is 0.250. The molecule has 0 aliphatic rings. The molecule has 134 valence electrons. The van der Waals surface area contributed by atoms with E-state index in [4.69, 9.17) is 14.0 Å². The van der Waals surface area contributed by atoms with E-state index >= 15 is 0 Å². The molecule has 26 heavy (non-hydrogen) atoms. The van der Waals surface area contributed by atoms with Crippen molar-refractivity contribution in [1.29, 1.82) is 0 Å². The maximum atomic E-state index is 12.0. The molecule has 6 heteroatoms. The van der Waals surface area contributed by atoms with Gasteiger partial charge in [-0.1, -0.05) is 35.5 Å². The molecule has 0 aliphatic carbocycles. The quantitative estimate of drug-likeness (QED) is 0.631. The minimum atomic E-state index is -0.342. The molecule has 0 amide bonds. The second-order valence-electron chi connectivity index (χ2n) is 5.97. The topological polar surface area (TPSA) is 74.5 Å². The highest BCUT2D eigenvalue weighted by Crippen LogP contribution is 2.27. The van der Waals surface area contributed by atoms with Crippen molar-refractivity contribution in [2.45, 2.75) is 26.9 Å². The van der Waals surface area contributed by atoms with Gasteiger partial charge >= 0.3 is 5.97 Å². The van der Waals surface area contributed by atoms with Gasteiger partial charge < -0.3 is 14.0 Å². The third-order valence-corrected chi connectivity index (χ3v) is 4.09. The Balaban J connectivity index is 1.61. The van der Waals surface area contributed by atoms with Gasteiger partial charge in [-0.15, -0.1) is 0 Å². The predicted molar refractivity (Wildman–Crippen MR) is 95.7 cm³/mol. The minimum Gasteiger partial charge on any atom is -0.496 e. The molecule has 1 aromatic heterocycles. The van der Waals surface area contributed by atoms with Crippen molar-refractivity contribution >= 4 is 5.97 Å². The van der Waals surface area contributed by atoms with Gasteiger partial charge in [0.15, 0.2) is 6.61 Å². The highest BCUT2D eigenvalue weighted by Gasteiger charge is 2.14. The standard InChI is InChI=1S/C20H20N2O4/c1-13-8-9-15(10-14(13)2)11-19(23)25-12-18-21-20(22-26-18)16-6-4-5-7-17(16)24-3/h4-10H,11-12H2,1-3H3. The van der Waals surface area contributed by atoms with Crippen LogP contribution in [-0.4, -0.2) is 23.2 Å². The van der Waals surface area contributed by atoms with E-state index in [1.807, 2.05) is 56.3 Å². The molecule has 0 bridgehead atoms. The molecular weight excluding hydrogens is 332 g/mol. The molecular formula is C20H20N2O4. The molecule has 0 saturated carbocycles. The summed E-state index contributed by atoms with van der Waals surface area (Å²) in [5.41, 5.74) is 3.97. The van der Waals surface area contributed by atoms with Crippen molar-refractivity contribution < 1.29 is 18.8 Å². The van der Waals surface area contributed by atoms with Gasteiger partial charge in [0.25, 0.3) is 5.89 Å². The minimum absolute atomic E-state index is 0.0637. The lowest BCUT2D eigenvalue weighted by Crippen LogP contribution is -2.08. The van der Waals surface area contributed by atoms with E-state index in [-0.39, 0.29) is 24.9 Å². The van der Waals surface area contributed by atoms with E-state index in [1.165, 1.54) is 5.56 Å². The van der Waals surface area contributed by atoms with Crippen molar-refractivity contribution in [1.82, 2.24) is 10.1 Å². The van der Waals surface area contributed by atoms with Crippen molar-refractivity contribution in [2.75, 3.05) is 7.11 Å². The van der Waals surface area contributed by atoms with Crippen molar-refractivity contribution in [2.24, 2.45) is 0 Å². The zero-order chi connectivity index (χ0) is 18.5. The van der Waals surface area contributed by atoms with Crippen molar-refractivity contribution in [3.05, 3.63) is 65.0 Å². The van der Waals surface area contributed by atoms with E-state index in [9.17, 15) is 4.79 Å². The molecule has 2 aromatic carbocycles. The van der Waals surface area contributed by atoms with Gasteiger partial charge in [-0.2, -0.15) is 4.98 Å². The van der Waals surface area contributed by atoms with Gasteiger partial charge in [-0.25, -0.2) is 0 Å². The van der Waals surface area contributed by atoms with Gasteiger partial charge in [0.1, 0.15) is 5.75 Å². The Labute approximate surface area is 151 Å². The summed E-state index contributed by atoms with van der Waals surface area (Å²) < 4.78 is 15.7. The molecule has 3 rings (SSSR count). The largest absolute Gasteiger partial charge is 0.496 e. The first-order chi connectivity index (χ1) is 12.6. The summed E-state index contributed by atoms with van der Waals surface area (Å²) in [7, 11) is 1.58. The summed E-state index contributed by atoms with van der Waals surface area (Å²) in [5, 5.41) is 3.92. The number of rotatable bonds is 6. The molecule has 1 heterocycles. The number of carbonyl (C=O) groups is 1. The Morgan fingerprint density at radius 3 is 2.69 bits per heavy atom. The van der Waals surface area contributed by atoms with E-state index in [2.05, 4.69) is 10.1 Å². The number of benzene rings is 2. The summed E-state index contributed by atoms with van der Waals surface area (Å²) >= 11 is 0. The first-order valence-electron chi connectivity index (χ1n) is 8.24.